The lowest BCUT2D eigenvalue weighted by atomic mass is 9.96. The van der Waals surface area contributed by atoms with E-state index >= 15 is 0 Å². The minimum Gasteiger partial charge on any atom is -0.507 e. The van der Waals surface area contributed by atoms with Crippen molar-refractivity contribution in [1.29, 1.82) is 0 Å². The van der Waals surface area contributed by atoms with Crippen LogP contribution in [0.1, 0.15) is 37.4 Å². The van der Waals surface area contributed by atoms with Gasteiger partial charge in [-0.15, -0.1) is 5.10 Å². The monoisotopic (exact) mass is 548 g/mol. The van der Waals surface area contributed by atoms with Crippen molar-refractivity contribution in [3.63, 3.8) is 0 Å². The van der Waals surface area contributed by atoms with E-state index < -0.39 is 12.0 Å². The molecule has 0 aliphatic carbocycles. The molecule has 33 heavy (non-hydrogen) atoms. The third-order valence-corrected chi connectivity index (χ3v) is 6.98. The van der Waals surface area contributed by atoms with Crippen LogP contribution in [-0.4, -0.2) is 32.4 Å². The maximum absolute atomic E-state index is 13.0. The van der Waals surface area contributed by atoms with Crippen LogP contribution in [0.25, 0.3) is 0 Å². The summed E-state index contributed by atoms with van der Waals surface area (Å²) in [4.78, 5) is 17.6. The largest absolute Gasteiger partial charge is 0.507 e. The number of aromatic nitrogens is 3. The number of aromatic hydroxyl groups is 1. The Bertz CT molecular complexity index is 1230. The van der Waals surface area contributed by atoms with E-state index in [1.54, 1.807) is 22.9 Å². The SMILES string of the molecule is CCCOC(=O)C1=C(C)Nc2nc(SCc3ccccc3Cl)nn2C1c1ccc(O)c(Br)c1. The highest BCUT2D eigenvalue weighted by molar-refractivity contribution is 9.10. The van der Waals surface area contributed by atoms with E-state index in [2.05, 4.69) is 26.2 Å². The molecule has 0 amide bonds. The lowest BCUT2D eigenvalue weighted by molar-refractivity contribution is -0.139. The van der Waals surface area contributed by atoms with Crippen molar-refractivity contribution in [2.24, 2.45) is 0 Å². The van der Waals surface area contributed by atoms with Crippen molar-refractivity contribution in [1.82, 2.24) is 14.8 Å². The fourth-order valence-electron chi connectivity index (χ4n) is 3.49. The smallest absolute Gasteiger partial charge is 0.338 e. The van der Waals surface area contributed by atoms with Gasteiger partial charge in [-0.2, -0.15) is 4.98 Å². The molecule has 10 heteroatoms. The van der Waals surface area contributed by atoms with Crippen molar-refractivity contribution in [3.05, 3.63) is 74.4 Å². The van der Waals surface area contributed by atoms with Gasteiger partial charge in [-0.25, -0.2) is 9.48 Å². The van der Waals surface area contributed by atoms with Crippen LogP contribution in [0.15, 0.2) is 63.4 Å². The minimum atomic E-state index is -0.565. The number of carbonyl (C=O) groups excluding carboxylic acids is 1. The molecule has 1 aliphatic rings. The van der Waals surface area contributed by atoms with Crippen molar-refractivity contribution in [2.45, 2.75) is 37.2 Å². The topological polar surface area (TPSA) is 89.3 Å². The number of allylic oxidation sites excluding steroid dienone is 1. The summed E-state index contributed by atoms with van der Waals surface area (Å²) in [5.74, 6) is 0.826. The molecule has 0 saturated heterocycles. The number of nitrogens with one attached hydrogen (secondary N) is 1. The number of rotatable bonds is 7. The Kier molecular flexibility index (Phi) is 7.31. The number of carbonyl (C=O) groups is 1. The van der Waals surface area contributed by atoms with Crippen LogP contribution in [0.2, 0.25) is 5.02 Å². The van der Waals surface area contributed by atoms with Crippen LogP contribution in [0, 0.1) is 0 Å². The fourth-order valence-corrected chi connectivity index (χ4v) is 5.00. The molecule has 0 bridgehead atoms. The molecule has 0 saturated carbocycles. The van der Waals surface area contributed by atoms with Crippen LogP contribution in [0.5, 0.6) is 5.75 Å². The summed E-state index contributed by atoms with van der Waals surface area (Å²) in [6, 6.07) is 12.2. The van der Waals surface area contributed by atoms with Crippen LogP contribution < -0.4 is 5.32 Å². The Balaban J connectivity index is 1.71. The molecule has 1 aromatic heterocycles. The van der Waals surface area contributed by atoms with Crippen molar-refractivity contribution in [2.75, 3.05) is 11.9 Å². The molecule has 4 rings (SSSR count). The second kappa shape index (κ2) is 10.2. The number of benzene rings is 2. The Morgan fingerprint density at radius 1 is 1.33 bits per heavy atom. The number of hydrogen-bond acceptors (Lipinski definition) is 7. The number of fused-ring (bicyclic) bond motifs is 1. The van der Waals surface area contributed by atoms with Gasteiger partial charge in [0.2, 0.25) is 11.1 Å². The third-order valence-electron chi connectivity index (χ3n) is 5.09. The summed E-state index contributed by atoms with van der Waals surface area (Å²) < 4.78 is 7.67. The van der Waals surface area contributed by atoms with Gasteiger partial charge in [0.1, 0.15) is 11.8 Å². The quantitative estimate of drug-likeness (QED) is 0.279. The molecule has 1 atom stereocenters. The molecule has 7 nitrogen and oxygen atoms in total. The van der Waals surface area contributed by atoms with Crippen LogP contribution >= 0.6 is 39.3 Å². The van der Waals surface area contributed by atoms with E-state index in [0.717, 1.165) is 17.5 Å². The van der Waals surface area contributed by atoms with Crippen LogP contribution in [-0.2, 0) is 15.3 Å². The number of hydrogen-bond donors (Lipinski definition) is 2. The van der Waals surface area contributed by atoms with Gasteiger partial charge in [-0.3, -0.25) is 0 Å². The Hall–Kier alpha value is -2.49. The molecule has 2 aromatic carbocycles. The van der Waals surface area contributed by atoms with Crippen molar-refractivity contribution in [3.8, 4) is 5.75 Å². The number of nitrogens with zero attached hydrogens (tertiary/aromatic N) is 3. The Labute approximate surface area is 209 Å². The Morgan fingerprint density at radius 2 is 2.12 bits per heavy atom. The van der Waals surface area contributed by atoms with Gasteiger partial charge in [-0.05, 0) is 58.6 Å². The van der Waals surface area contributed by atoms with Gasteiger partial charge >= 0.3 is 5.97 Å². The summed E-state index contributed by atoms with van der Waals surface area (Å²) in [5, 5.41) is 19.1. The average molecular weight is 550 g/mol. The summed E-state index contributed by atoms with van der Waals surface area (Å²) >= 11 is 11.1. The van der Waals surface area contributed by atoms with Crippen LogP contribution in [0.4, 0.5) is 5.95 Å². The standard InChI is InChI=1S/C23H22BrClN4O3S/c1-3-10-32-21(31)19-13(2)26-22-27-23(33-12-15-6-4-5-7-17(15)25)28-29(22)20(19)14-8-9-18(30)16(24)11-14/h4-9,11,20,30H,3,10,12H2,1-2H3,(H,26,27,28). The molecule has 1 unspecified atom stereocenters. The molecular formula is C23H22BrClN4O3S. The summed E-state index contributed by atoms with van der Waals surface area (Å²) in [6.07, 6.45) is 0.721. The fraction of sp³-hybridized carbons (Fsp3) is 0.261. The second-order valence-corrected chi connectivity index (χ2v) is 9.66. The van der Waals surface area contributed by atoms with Crippen molar-refractivity contribution >= 4 is 51.2 Å². The maximum Gasteiger partial charge on any atom is 0.338 e. The van der Waals surface area contributed by atoms with E-state index in [4.69, 9.17) is 21.4 Å². The zero-order valence-electron chi connectivity index (χ0n) is 18.0. The first kappa shape index (κ1) is 23.7. The lowest BCUT2D eigenvalue weighted by Gasteiger charge is -2.28. The number of esters is 1. The van der Waals surface area contributed by atoms with Crippen molar-refractivity contribution < 1.29 is 14.6 Å². The predicted octanol–water partition coefficient (Wildman–Crippen LogP) is 5.93. The highest BCUT2D eigenvalue weighted by Crippen LogP contribution is 2.39. The number of thioether (sulfide) groups is 1. The molecule has 2 heterocycles. The Morgan fingerprint density at radius 3 is 2.85 bits per heavy atom. The molecule has 172 valence electrons. The number of phenolic OH excluding ortho intramolecular Hbond substituents is 1. The number of phenols is 1. The number of anilines is 1. The van der Waals surface area contributed by atoms with E-state index in [0.29, 0.717) is 44.2 Å². The molecule has 0 radical (unpaired) electrons. The molecular weight excluding hydrogens is 528 g/mol. The van der Waals surface area contributed by atoms with Crippen LogP contribution in [0.3, 0.4) is 0 Å². The van der Waals surface area contributed by atoms with Gasteiger partial charge in [0.15, 0.2) is 0 Å². The number of halogens is 2. The first-order valence-corrected chi connectivity index (χ1v) is 12.5. The zero-order valence-corrected chi connectivity index (χ0v) is 21.2. The van der Waals surface area contributed by atoms with E-state index in [1.165, 1.54) is 11.8 Å². The first-order chi connectivity index (χ1) is 15.9. The maximum atomic E-state index is 13.0. The highest BCUT2D eigenvalue weighted by Gasteiger charge is 2.35. The summed E-state index contributed by atoms with van der Waals surface area (Å²) in [5.41, 5.74) is 2.84. The van der Waals surface area contributed by atoms with Gasteiger partial charge < -0.3 is 15.2 Å². The normalized spacial score (nSPS) is 15.2. The second-order valence-electron chi connectivity index (χ2n) is 7.46. The van der Waals surface area contributed by atoms with E-state index in [1.807, 2.05) is 38.1 Å². The predicted molar refractivity (Wildman–Crippen MR) is 133 cm³/mol. The third kappa shape index (κ3) is 5.05. The van der Waals surface area contributed by atoms with Gasteiger partial charge in [-0.1, -0.05) is 54.6 Å². The van der Waals surface area contributed by atoms with E-state index in [-0.39, 0.29) is 5.75 Å². The van der Waals surface area contributed by atoms with Gasteiger partial charge in [0, 0.05) is 16.5 Å². The van der Waals surface area contributed by atoms with Gasteiger partial charge in [0.25, 0.3) is 0 Å². The average Bonchev–Trinajstić information content (AvgIpc) is 3.20. The number of ether oxygens (including phenoxy) is 1. The zero-order chi connectivity index (χ0) is 23.5. The molecule has 0 spiro atoms. The minimum absolute atomic E-state index is 0.110. The molecule has 2 N–H and O–H groups in total. The van der Waals surface area contributed by atoms with E-state index in [9.17, 15) is 9.90 Å². The molecule has 1 aliphatic heterocycles. The molecule has 0 fully saturated rings. The summed E-state index contributed by atoms with van der Waals surface area (Å²) in [6.45, 7) is 4.09. The highest BCUT2D eigenvalue weighted by atomic mass is 79.9. The summed E-state index contributed by atoms with van der Waals surface area (Å²) in [7, 11) is 0. The molecule has 3 aromatic rings. The first-order valence-electron chi connectivity index (χ1n) is 10.3. The lowest BCUT2D eigenvalue weighted by Crippen LogP contribution is -2.29. The van der Waals surface area contributed by atoms with Gasteiger partial charge in [0.05, 0.1) is 16.7 Å².